The van der Waals surface area contributed by atoms with Crippen LogP contribution in [0.25, 0.3) is 0 Å². The third-order valence-electron chi connectivity index (χ3n) is 13.5. The summed E-state index contributed by atoms with van der Waals surface area (Å²) in [5.74, 6) is -0.895. The van der Waals surface area contributed by atoms with E-state index in [9.17, 15) is 34.7 Å². The van der Waals surface area contributed by atoms with Gasteiger partial charge in [0.05, 0.1) is 60.7 Å². The number of anilines is 3. The van der Waals surface area contributed by atoms with E-state index in [1.807, 2.05) is 80.6 Å². The minimum absolute atomic E-state index is 0.0237. The number of carbonyl (C=O) groups is 3. The summed E-state index contributed by atoms with van der Waals surface area (Å²) in [7, 11) is -3.23. The molecule has 8 rings (SSSR count). The lowest BCUT2D eigenvalue weighted by molar-refractivity contribution is -0.385. The number of nitrogens with zero attached hydrogens (tertiary/aromatic N) is 4. The van der Waals surface area contributed by atoms with Gasteiger partial charge in [-0.15, -0.1) is 0 Å². The Morgan fingerprint density at radius 3 is 2.45 bits per heavy atom. The maximum absolute atomic E-state index is 15.3. The number of non-ortho nitro benzene ring substituents is 1. The van der Waals surface area contributed by atoms with Crippen molar-refractivity contribution >= 4 is 48.8 Å². The summed E-state index contributed by atoms with van der Waals surface area (Å²) in [5.41, 5.74) is 3.03. The lowest BCUT2D eigenvalue weighted by Crippen LogP contribution is -2.49. The van der Waals surface area contributed by atoms with Gasteiger partial charge < -0.3 is 39.6 Å². The first-order valence-electron chi connectivity index (χ1n) is 22.2. The van der Waals surface area contributed by atoms with Crippen molar-refractivity contribution in [3.63, 3.8) is 0 Å². The Kier molecular flexibility index (Phi) is 12.8. The molecule has 1 saturated heterocycles. The molecule has 3 amide bonds. The zero-order valence-corrected chi connectivity index (χ0v) is 37.7. The molecule has 4 N–H and O–H groups in total. The van der Waals surface area contributed by atoms with Crippen LogP contribution in [0.4, 0.5) is 22.7 Å². The van der Waals surface area contributed by atoms with Gasteiger partial charge in [-0.25, -0.2) is 0 Å². The number of aliphatic hydroxyl groups excluding tert-OH is 2. The molecular weight excluding hydrogens is 835 g/mol. The summed E-state index contributed by atoms with van der Waals surface area (Å²) in [6, 6.07) is 24.1. The van der Waals surface area contributed by atoms with Crippen molar-refractivity contribution in [2.75, 3.05) is 36.2 Å². The third-order valence-corrected chi connectivity index (χ3v) is 16.0. The molecule has 16 heteroatoms. The van der Waals surface area contributed by atoms with Gasteiger partial charge in [0.25, 0.3) is 11.6 Å². The number of nitrogens with one attached hydrogen (secondary N) is 1. The van der Waals surface area contributed by atoms with Crippen LogP contribution < -0.4 is 19.9 Å². The molecule has 0 radical (unpaired) electrons. The number of nitro benzene ring substituents is 1. The number of benzene rings is 4. The Balaban J connectivity index is 1.13. The first-order chi connectivity index (χ1) is 30.7. The Morgan fingerprint density at radius 2 is 1.73 bits per heavy atom. The molecule has 15 nitrogen and oxygen atoms in total. The van der Waals surface area contributed by atoms with Gasteiger partial charge in [0.2, 0.25) is 11.8 Å². The van der Waals surface area contributed by atoms with Crippen LogP contribution in [0.15, 0.2) is 84.9 Å². The number of hydrogen-bond acceptors (Lipinski definition) is 11. The van der Waals surface area contributed by atoms with E-state index >= 15 is 4.79 Å². The first kappa shape index (κ1) is 45.1. The van der Waals surface area contributed by atoms with E-state index < -0.39 is 54.4 Å². The molecule has 0 bridgehead atoms. The topological polar surface area (TPSA) is 195 Å². The van der Waals surface area contributed by atoms with Crippen LogP contribution in [0.1, 0.15) is 60.9 Å². The van der Waals surface area contributed by atoms with Crippen LogP contribution >= 0.6 is 0 Å². The van der Waals surface area contributed by atoms with Gasteiger partial charge in [-0.3, -0.25) is 29.4 Å². The normalized spacial score (nSPS) is 23.9. The SMILES string of the molecule is CCOc1ccc2c(c1)CC(NCCCCO)C(=O)N2c1cccc(CN2C(=O)[C@]3(O[C@H](CC(=O)N4Cc5ccccc5C[C@H]4CO)[C@@H]([Si](C)(C)O)[C@@H]3C)c3cc([N+](=O)[O-])ccc32)c1. The molecule has 1 unspecified atom stereocenters. The lowest BCUT2D eigenvalue weighted by atomic mass is 9.82. The highest BCUT2D eigenvalue weighted by atomic mass is 28.4. The summed E-state index contributed by atoms with van der Waals surface area (Å²) in [6.07, 6.45) is 1.16. The number of hydrogen-bond donors (Lipinski definition) is 4. The van der Waals surface area contributed by atoms with E-state index in [-0.39, 0.29) is 43.7 Å². The Hall–Kier alpha value is -5.49. The fourth-order valence-corrected chi connectivity index (χ4v) is 13.1. The molecular formula is C48H57N5O10Si. The van der Waals surface area contributed by atoms with Gasteiger partial charge >= 0.3 is 0 Å². The van der Waals surface area contributed by atoms with Gasteiger partial charge in [-0.2, -0.15) is 0 Å². The summed E-state index contributed by atoms with van der Waals surface area (Å²) >= 11 is 0. The third kappa shape index (κ3) is 8.22. The Labute approximate surface area is 373 Å². The Morgan fingerprint density at radius 1 is 0.969 bits per heavy atom. The number of amides is 3. The van der Waals surface area contributed by atoms with E-state index in [1.165, 1.54) is 12.1 Å². The smallest absolute Gasteiger partial charge is 0.269 e. The molecule has 6 atom stereocenters. The predicted octanol–water partition coefficient (Wildman–Crippen LogP) is 5.63. The predicted molar refractivity (Wildman–Crippen MR) is 243 cm³/mol. The second-order valence-electron chi connectivity index (χ2n) is 18.0. The molecule has 338 valence electrons. The van der Waals surface area contributed by atoms with Gasteiger partial charge in [0.15, 0.2) is 13.9 Å². The Bertz CT molecular complexity index is 2440. The van der Waals surface area contributed by atoms with E-state index in [0.29, 0.717) is 79.3 Å². The molecule has 0 aromatic heterocycles. The molecule has 64 heavy (non-hydrogen) atoms. The summed E-state index contributed by atoms with van der Waals surface area (Å²) in [5, 5.41) is 35.4. The summed E-state index contributed by atoms with van der Waals surface area (Å²) in [6.45, 7) is 8.42. The number of fused-ring (bicyclic) bond motifs is 4. The number of carbonyl (C=O) groups excluding carboxylic acids is 3. The van der Waals surface area contributed by atoms with Crippen molar-refractivity contribution in [3.8, 4) is 5.75 Å². The van der Waals surface area contributed by atoms with E-state index in [0.717, 1.165) is 16.7 Å². The largest absolute Gasteiger partial charge is 0.494 e. The van der Waals surface area contributed by atoms with Crippen molar-refractivity contribution in [3.05, 3.63) is 123 Å². The second-order valence-corrected chi connectivity index (χ2v) is 21.9. The van der Waals surface area contributed by atoms with E-state index in [2.05, 4.69) is 5.32 Å². The van der Waals surface area contributed by atoms with E-state index in [1.54, 1.807) is 33.9 Å². The zero-order valence-electron chi connectivity index (χ0n) is 36.7. The minimum Gasteiger partial charge on any atom is -0.494 e. The average Bonchev–Trinajstić information content (AvgIpc) is 3.70. The highest BCUT2D eigenvalue weighted by molar-refractivity contribution is 6.71. The van der Waals surface area contributed by atoms with Crippen LogP contribution in [0.5, 0.6) is 5.75 Å². The molecule has 4 aliphatic rings. The van der Waals surface area contributed by atoms with E-state index in [4.69, 9.17) is 9.47 Å². The zero-order chi connectivity index (χ0) is 45.5. The van der Waals surface area contributed by atoms with Crippen LogP contribution in [0.2, 0.25) is 18.6 Å². The van der Waals surface area contributed by atoms with Gasteiger partial charge in [-0.1, -0.05) is 43.3 Å². The van der Waals surface area contributed by atoms with Crippen molar-refractivity contribution in [1.82, 2.24) is 10.2 Å². The monoisotopic (exact) mass is 891 g/mol. The quantitative estimate of drug-likeness (QED) is 0.0501. The fraction of sp³-hybridized carbons (Fsp3) is 0.438. The van der Waals surface area contributed by atoms with Gasteiger partial charge in [0.1, 0.15) is 5.75 Å². The lowest BCUT2D eigenvalue weighted by Gasteiger charge is -2.37. The van der Waals surface area contributed by atoms with Crippen molar-refractivity contribution < 1.29 is 43.8 Å². The number of aliphatic hydroxyl groups is 2. The molecule has 4 aromatic carbocycles. The van der Waals surface area contributed by atoms with Crippen molar-refractivity contribution in [2.45, 2.75) is 101 Å². The molecule has 0 aliphatic carbocycles. The molecule has 1 fully saturated rings. The maximum Gasteiger partial charge on any atom is 0.269 e. The standard InChI is InChI=1S/C48H57N5O10Si/c1-5-62-38-16-18-41-34(23-38)24-40(49-19-8-9-20-54)46(57)52(41)35-14-10-11-31(21-35)27-51-42-17-15-36(53(59)60)25-39(42)48(47(51)58)30(2)45(64(3,4)61)43(63-48)26-44(56)50-28-33-13-7-6-12-32(33)22-37(50)29-55/h6-7,10-18,21,23,25,30,37,40,43,45,49,54-55,61H,5,8-9,19-20,22,24,26-29H2,1-4H3/t30-,37-,40?,43+,45-,48+/m0/s1. The maximum atomic E-state index is 15.3. The van der Waals surface area contributed by atoms with Crippen LogP contribution in [-0.4, -0.2) is 95.4 Å². The summed E-state index contributed by atoms with van der Waals surface area (Å²) < 4.78 is 12.7. The van der Waals surface area contributed by atoms with Crippen LogP contribution in [0.3, 0.4) is 0 Å². The highest BCUT2D eigenvalue weighted by Gasteiger charge is 2.67. The van der Waals surface area contributed by atoms with Gasteiger partial charge in [-0.05, 0) is 111 Å². The van der Waals surface area contributed by atoms with Crippen LogP contribution in [-0.2, 0) is 50.7 Å². The summed E-state index contributed by atoms with van der Waals surface area (Å²) in [4.78, 5) is 72.5. The first-order valence-corrected chi connectivity index (χ1v) is 25.2. The number of rotatable bonds is 15. The second kappa shape index (κ2) is 18.2. The molecule has 4 heterocycles. The molecule has 4 aromatic rings. The minimum atomic E-state index is -3.23. The number of nitro groups is 1. The van der Waals surface area contributed by atoms with Crippen molar-refractivity contribution in [2.24, 2.45) is 5.92 Å². The number of unbranched alkanes of at least 4 members (excludes halogenated alkanes) is 1. The average molecular weight is 892 g/mol. The molecule has 0 saturated carbocycles. The molecule has 4 aliphatic heterocycles. The van der Waals surface area contributed by atoms with Gasteiger partial charge in [0, 0.05) is 48.0 Å². The fourth-order valence-electron chi connectivity index (χ4n) is 10.6. The number of ether oxygens (including phenoxy) is 2. The highest BCUT2D eigenvalue weighted by Crippen LogP contribution is 2.60. The molecule has 1 spiro atoms. The van der Waals surface area contributed by atoms with Crippen molar-refractivity contribution in [1.29, 1.82) is 0 Å². The van der Waals surface area contributed by atoms with Crippen LogP contribution in [0, 0.1) is 16.0 Å².